The highest BCUT2D eigenvalue weighted by Crippen LogP contribution is 2.27. The highest BCUT2D eigenvalue weighted by atomic mass is 16.5. The predicted molar refractivity (Wildman–Crippen MR) is 88.5 cm³/mol. The van der Waals surface area contributed by atoms with Gasteiger partial charge in [-0.05, 0) is 37.6 Å². The van der Waals surface area contributed by atoms with Crippen molar-refractivity contribution >= 4 is 11.9 Å². The summed E-state index contributed by atoms with van der Waals surface area (Å²) in [4.78, 5) is 30.3. The molecular formula is C18H19N3O3. The Balaban J connectivity index is 1.68. The lowest BCUT2D eigenvalue weighted by atomic mass is 9.97. The maximum atomic E-state index is 12.7. The van der Waals surface area contributed by atoms with Crippen LogP contribution in [0.1, 0.15) is 18.2 Å². The molecule has 0 saturated carbocycles. The van der Waals surface area contributed by atoms with Gasteiger partial charge in [-0.25, -0.2) is 4.79 Å². The number of carbonyl (C=O) groups excluding carboxylic acids is 2. The smallest absolute Gasteiger partial charge is 0.325 e. The third kappa shape index (κ3) is 2.82. The zero-order valence-corrected chi connectivity index (χ0v) is 13.7. The van der Waals surface area contributed by atoms with Gasteiger partial charge in [-0.3, -0.25) is 14.7 Å². The molecule has 1 aliphatic rings. The fraction of sp³-hybridized carbons (Fsp3) is 0.278. The Morgan fingerprint density at radius 1 is 1.17 bits per heavy atom. The number of hydrogen-bond acceptors (Lipinski definition) is 4. The SMILES string of the molecule is Cc1ccccc1OCCN1C(=O)N[C@@](C)(c2ccccn2)C1=O. The van der Waals surface area contributed by atoms with Crippen molar-refractivity contribution in [2.24, 2.45) is 0 Å². The fourth-order valence-electron chi connectivity index (χ4n) is 2.70. The number of nitrogens with one attached hydrogen (secondary N) is 1. The first kappa shape index (κ1) is 16.0. The van der Waals surface area contributed by atoms with E-state index in [1.807, 2.05) is 31.2 Å². The summed E-state index contributed by atoms with van der Waals surface area (Å²) < 4.78 is 5.68. The van der Waals surface area contributed by atoms with Crippen LogP contribution >= 0.6 is 0 Å². The Kier molecular flexibility index (Phi) is 4.20. The first-order chi connectivity index (χ1) is 11.5. The number of benzene rings is 1. The zero-order chi connectivity index (χ0) is 17.2. The Bertz CT molecular complexity index is 763. The van der Waals surface area contributed by atoms with Gasteiger partial charge in [0.15, 0.2) is 5.54 Å². The molecule has 1 aromatic heterocycles. The van der Waals surface area contributed by atoms with Crippen molar-refractivity contribution in [1.29, 1.82) is 0 Å². The van der Waals surface area contributed by atoms with Gasteiger partial charge in [0, 0.05) is 6.20 Å². The average molecular weight is 325 g/mol. The van der Waals surface area contributed by atoms with Crippen molar-refractivity contribution in [3.8, 4) is 5.75 Å². The molecule has 1 aliphatic heterocycles. The van der Waals surface area contributed by atoms with E-state index in [-0.39, 0.29) is 19.1 Å². The number of imide groups is 1. The molecule has 0 spiro atoms. The molecule has 1 aromatic carbocycles. The van der Waals surface area contributed by atoms with Crippen LogP contribution in [0.5, 0.6) is 5.75 Å². The Morgan fingerprint density at radius 3 is 2.62 bits per heavy atom. The van der Waals surface area contributed by atoms with E-state index in [1.165, 1.54) is 4.90 Å². The molecule has 24 heavy (non-hydrogen) atoms. The molecule has 124 valence electrons. The summed E-state index contributed by atoms with van der Waals surface area (Å²) >= 11 is 0. The Morgan fingerprint density at radius 2 is 1.92 bits per heavy atom. The maximum Gasteiger partial charge on any atom is 0.325 e. The first-order valence-electron chi connectivity index (χ1n) is 7.76. The minimum Gasteiger partial charge on any atom is -0.491 e. The van der Waals surface area contributed by atoms with E-state index in [2.05, 4.69) is 10.3 Å². The van der Waals surface area contributed by atoms with Crippen LogP contribution in [-0.4, -0.2) is 35.0 Å². The van der Waals surface area contributed by atoms with Gasteiger partial charge in [0.2, 0.25) is 0 Å². The summed E-state index contributed by atoms with van der Waals surface area (Å²) in [5, 5.41) is 2.73. The second-order valence-corrected chi connectivity index (χ2v) is 5.84. The summed E-state index contributed by atoms with van der Waals surface area (Å²) in [5.74, 6) is 0.427. The lowest BCUT2D eigenvalue weighted by molar-refractivity contribution is -0.131. The lowest BCUT2D eigenvalue weighted by Crippen LogP contribution is -2.42. The number of urea groups is 1. The monoisotopic (exact) mass is 325 g/mol. The van der Waals surface area contributed by atoms with Crippen LogP contribution in [0, 0.1) is 6.92 Å². The summed E-state index contributed by atoms with van der Waals surface area (Å²) in [6, 6.07) is 12.5. The van der Waals surface area contributed by atoms with Crippen molar-refractivity contribution in [3.63, 3.8) is 0 Å². The number of pyridine rings is 1. The van der Waals surface area contributed by atoms with E-state index >= 15 is 0 Å². The van der Waals surface area contributed by atoms with E-state index in [4.69, 9.17) is 4.74 Å². The summed E-state index contributed by atoms with van der Waals surface area (Å²) in [6.07, 6.45) is 1.60. The minimum atomic E-state index is -1.14. The van der Waals surface area contributed by atoms with Gasteiger partial charge in [0.1, 0.15) is 12.4 Å². The van der Waals surface area contributed by atoms with Crippen molar-refractivity contribution in [1.82, 2.24) is 15.2 Å². The van der Waals surface area contributed by atoms with Gasteiger partial charge in [-0.15, -0.1) is 0 Å². The van der Waals surface area contributed by atoms with Gasteiger partial charge < -0.3 is 10.1 Å². The highest BCUT2D eigenvalue weighted by molar-refractivity contribution is 6.06. The second kappa shape index (κ2) is 6.31. The lowest BCUT2D eigenvalue weighted by Gasteiger charge is -2.21. The standard InChI is InChI=1S/C18H19N3O3/c1-13-7-3-4-8-14(13)24-12-11-21-16(22)18(2,20-17(21)23)15-9-5-6-10-19-15/h3-10H,11-12H2,1-2H3,(H,20,23)/t18-/m0/s1. The number of hydrogen-bond donors (Lipinski definition) is 1. The van der Waals surface area contributed by atoms with E-state index in [1.54, 1.807) is 31.3 Å². The van der Waals surface area contributed by atoms with Gasteiger partial charge in [0.05, 0.1) is 12.2 Å². The van der Waals surface area contributed by atoms with E-state index in [0.717, 1.165) is 11.3 Å². The number of amides is 3. The molecule has 6 nitrogen and oxygen atoms in total. The molecule has 1 saturated heterocycles. The van der Waals surface area contributed by atoms with Crippen LogP contribution in [0.25, 0.3) is 0 Å². The van der Waals surface area contributed by atoms with Crippen LogP contribution < -0.4 is 10.1 Å². The first-order valence-corrected chi connectivity index (χ1v) is 7.76. The number of nitrogens with zero attached hydrogens (tertiary/aromatic N) is 2. The highest BCUT2D eigenvalue weighted by Gasteiger charge is 2.49. The minimum absolute atomic E-state index is 0.182. The molecule has 6 heteroatoms. The van der Waals surface area contributed by atoms with Crippen molar-refractivity contribution in [2.45, 2.75) is 19.4 Å². The second-order valence-electron chi connectivity index (χ2n) is 5.84. The van der Waals surface area contributed by atoms with E-state index in [0.29, 0.717) is 5.69 Å². The zero-order valence-electron chi connectivity index (χ0n) is 13.7. The van der Waals surface area contributed by atoms with Crippen LogP contribution in [-0.2, 0) is 10.3 Å². The molecule has 0 bridgehead atoms. The number of para-hydroxylation sites is 1. The van der Waals surface area contributed by atoms with Crippen LogP contribution in [0.4, 0.5) is 4.79 Å². The quantitative estimate of drug-likeness (QED) is 0.856. The van der Waals surface area contributed by atoms with Gasteiger partial charge in [-0.2, -0.15) is 0 Å². The molecule has 1 atom stereocenters. The molecule has 3 rings (SSSR count). The number of ether oxygens (including phenoxy) is 1. The molecule has 2 heterocycles. The van der Waals surface area contributed by atoms with E-state index in [9.17, 15) is 9.59 Å². The van der Waals surface area contributed by atoms with Crippen LogP contribution in [0.3, 0.4) is 0 Å². The van der Waals surface area contributed by atoms with Crippen molar-refractivity contribution in [3.05, 3.63) is 59.9 Å². The molecule has 0 unspecified atom stereocenters. The van der Waals surface area contributed by atoms with Gasteiger partial charge in [-0.1, -0.05) is 24.3 Å². The van der Waals surface area contributed by atoms with Crippen LogP contribution in [0.2, 0.25) is 0 Å². The molecule has 0 aliphatic carbocycles. The number of rotatable bonds is 5. The number of carbonyl (C=O) groups is 2. The molecule has 2 aromatic rings. The van der Waals surface area contributed by atoms with Gasteiger partial charge >= 0.3 is 6.03 Å². The summed E-state index contributed by atoms with van der Waals surface area (Å²) in [5.41, 5.74) is 0.389. The molecule has 0 radical (unpaired) electrons. The van der Waals surface area contributed by atoms with E-state index < -0.39 is 11.6 Å². The molecule has 1 N–H and O–H groups in total. The molecule has 1 fully saturated rings. The van der Waals surface area contributed by atoms with Gasteiger partial charge in [0.25, 0.3) is 5.91 Å². The van der Waals surface area contributed by atoms with Crippen LogP contribution in [0.15, 0.2) is 48.7 Å². The number of aromatic nitrogens is 1. The average Bonchev–Trinajstić information content (AvgIpc) is 2.81. The summed E-state index contributed by atoms with van der Waals surface area (Å²) in [6.45, 7) is 4.03. The normalized spacial score (nSPS) is 20.2. The Hall–Kier alpha value is -2.89. The van der Waals surface area contributed by atoms with Crippen molar-refractivity contribution in [2.75, 3.05) is 13.2 Å². The third-order valence-corrected chi connectivity index (χ3v) is 4.12. The summed E-state index contributed by atoms with van der Waals surface area (Å²) in [7, 11) is 0. The third-order valence-electron chi connectivity index (χ3n) is 4.12. The topological polar surface area (TPSA) is 71.5 Å². The Labute approximate surface area is 140 Å². The predicted octanol–water partition coefficient (Wildman–Crippen LogP) is 2.24. The maximum absolute atomic E-state index is 12.7. The largest absolute Gasteiger partial charge is 0.491 e. The van der Waals surface area contributed by atoms with Crippen molar-refractivity contribution < 1.29 is 14.3 Å². The fourth-order valence-corrected chi connectivity index (χ4v) is 2.70. The number of aryl methyl sites for hydroxylation is 1. The molecule has 3 amide bonds. The molecular weight excluding hydrogens is 306 g/mol.